The van der Waals surface area contributed by atoms with Crippen LogP contribution in [0.15, 0.2) is 170 Å². The highest BCUT2D eigenvalue weighted by molar-refractivity contribution is 5.94. The third kappa shape index (κ3) is 6.91. The van der Waals surface area contributed by atoms with Gasteiger partial charge in [-0.15, -0.1) is 10.2 Å². The van der Waals surface area contributed by atoms with E-state index in [1.165, 1.54) is 5.56 Å². The van der Waals surface area contributed by atoms with Gasteiger partial charge in [-0.2, -0.15) is 4.80 Å². The predicted octanol–water partition coefficient (Wildman–Crippen LogP) is 11.3. The molecule has 0 fully saturated rings. The molecule has 9 rings (SSSR count). The lowest BCUT2D eigenvalue weighted by Crippen LogP contribution is -2.10. The number of aromatic nitrogens is 7. The van der Waals surface area contributed by atoms with Crippen LogP contribution in [0.1, 0.15) is 26.3 Å². The van der Waals surface area contributed by atoms with Crippen molar-refractivity contribution in [2.75, 3.05) is 0 Å². The molecule has 7 nitrogen and oxygen atoms in total. The molecule has 0 atom stereocenters. The molecule has 0 saturated carbocycles. The van der Waals surface area contributed by atoms with E-state index in [1.54, 1.807) is 4.80 Å². The van der Waals surface area contributed by atoms with Crippen LogP contribution in [0, 0.1) is 0 Å². The van der Waals surface area contributed by atoms with E-state index in [2.05, 4.69) is 98.6 Å². The zero-order valence-electron chi connectivity index (χ0n) is 30.8. The van der Waals surface area contributed by atoms with Gasteiger partial charge in [0, 0.05) is 47.0 Å². The van der Waals surface area contributed by atoms with Crippen LogP contribution in [0.5, 0.6) is 0 Å². The number of benzene rings is 4. The predicted molar refractivity (Wildman–Crippen MR) is 221 cm³/mol. The standard InChI is InChI=1S/C48H37N7/c1-48(2,3)39-18-14-33(15-19-39)35-23-25-50-45(28-35)37-17-21-43(52-31-37)41-26-38(29-46-47(41)54-55(53-46)40-12-8-5-9-13-40)42-20-16-36(30-51-42)44-27-34(22-24-49-44)32-10-6-4-7-11-32/h4-31H,1-3H3. The fraction of sp³-hybridized carbons (Fsp3) is 0.0833. The van der Waals surface area contributed by atoms with E-state index < -0.39 is 0 Å². The van der Waals surface area contributed by atoms with Gasteiger partial charge in [-0.1, -0.05) is 93.6 Å². The average molecular weight is 712 g/mol. The number of rotatable bonds is 7. The Labute approximate surface area is 320 Å². The van der Waals surface area contributed by atoms with Gasteiger partial charge in [-0.05, 0) is 106 Å². The Kier molecular flexibility index (Phi) is 8.59. The van der Waals surface area contributed by atoms with E-state index in [1.807, 2.05) is 97.6 Å². The first-order chi connectivity index (χ1) is 26.9. The van der Waals surface area contributed by atoms with Crippen LogP contribution in [0.4, 0.5) is 0 Å². The fourth-order valence-corrected chi connectivity index (χ4v) is 6.79. The molecule has 0 aliphatic rings. The zero-order chi connectivity index (χ0) is 37.4. The number of nitrogens with zero attached hydrogens (tertiary/aromatic N) is 7. The summed E-state index contributed by atoms with van der Waals surface area (Å²) in [5, 5.41) is 9.86. The summed E-state index contributed by atoms with van der Waals surface area (Å²) in [4.78, 5) is 20.9. The van der Waals surface area contributed by atoms with E-state index in [4.69, 9.17) is 25.1 Å². The van der Waals surface area contributed by atoms with Crippen LogP contribution < -0.4 is 0 Å². The van der Waals surface area contributed by atoms with Gasteiger partial charge in [0.05, 0.1) is 28.5 Å². The van der Waals surface area contributed by atoms with Gasteiger partial charge < -0.3 is 0 Å². The van der Waals surface area contributed by atoms with Crippen LogP contribution in [0.25, 0.3) is 84.0 Å². The maximum atomic E-state index is 4.97. The lowest BCUT2D eigenvalue weighted by atomic mass is 9.86. The van der Waals surface area contributed by atoms with Crippen LogP contribution in [-0.2, 0) is 5.41 Å². The first-order valence-corrected chi connectivity index (χ1v) is 18.3. The van der Waals surface area contributed by atoms with Gasteiger partial charge in [0.15, 0.2) is 0 Å². The fourth-order valence-electron chi connectivity index (χ4n) is 6.79. The molecule has 0 unspecified atom stereocenters. The second-order valence-corrected chi connectivity index (χ2v) is 14.6. The monoisotopic (exact) mass is 711 g/mol. The van der Waals surface area contributed by atoms with E-state index in [0.717, 1.165) is 84.0 Å². The maximum absolute atomic E-state index is 4.97. The van der Waals surface area contributed by atoms with Crippen molar-refractivity contribution in [3.05, 3.63) is 176 Å². The molecule has 0 amide bonds. The SMILES string of the molecule is CC(C)(C)c1ccc(-c2ccnc(-c3ccc(-c4cc(-c5ccc(-c6cc(-c7ccccc7)ccn6)cn5)cc5nn(-c6ccccc6)nc45)nc3)c2)cc1. The van der Waals surface area contributed by atoms with Crippen LogP contribution >= 0.6 is 0 Å². The number of pyridine rings is 4. The summed E-state index contributed by atoms with van der Waals surface area (Å²) in [5.74, 6) is 0. The molecule has 264 valence electrons. The van der Waals surface area contributed by atoms with E-state index in [0.29, 0.717) is 0 Å². The van der Waals surface area contributed by atoms with Crippen molar-refractivity contribution in [1.82, 2.24) is 34.9 Å². The number of hydrogen-bond donors (Lipinski definition) is 0. The van der Waals surface area contributed by atoms with Crippen molar-refractivity contribution >= 4 is 11.0 Å². The molecule has 0 radical (unpaired) electrons. The largest absolute Gasteiger partial charge is 0.256 e. The molecule has 5 heterocycles. The van der Waals surface area contributed by atoms with Gasteiger partial charge in [-0.3, -0.25) is 19.9 Å². The smallest absolute Gasteiger partial charge is 0.123 e. The highest BCUT2D eigenvalue weighted by Crippen LogP contribution is 2.34. The molecule has 0 saturated heterocycles. The van der Waals surface area contributed by atoms with Crippen molar-refractivity contribution in [2.24, 2.45) is 0 Å². The summed E-state index contributed by atoms with van der Waals surface area (Å²) in [6.45, 7) is 6.69. The topological polar surface area (TPSA) is 82.3 Å². The molecule has 5 aromatic heterocycles. The first-order valence-electron chi connectivity index (χ1n) is 18.3. The number of fused-ring (bicyclic) bond motifs is 1. The van der Waals surface area contributed by atoms with Crippen LogP contribution in [0.3, 0.4) is 0 Å². The molecule has 0 N–H and O–H groups in total. The molecular formula is C48H37N7. The molecule has 55 heavy (non-hydrogen) atoms. The van der Waals surface area contributed by atoms with Crippen LogP contribution in [-0.4, -0.2) is 34.9 Å². The minimum atomic E-state index is 0.102. The quantitative estimate of drug-likeness (QED) is 0.164. The molecular weight excluding hydrogens is 675 g/mol. The molecule has 0 bridgehead atoms. The van der Waals surface area contributed by atoms with Crippen LogP contribution in [0.2, 0.25) is 0 Å². The molecule has 0 aliphatic carbocycles. The van der Waals surface area contributed by atoms with Crippen molar-refractivity contribution in [3.8, 4) is 73.0 Å². The molecule has 0 aliphatic heterocycles. The molecule has 9 aromatic rings. The highest BCUT2D eigenvalue weighted by Gasteiger charge is 2.17. The average Bonchev–Trinajstić information content (AvgIpc) is 3.69. The highest BCUT2D eigenvalue weighted by atomic mass is 15.5. The molecule has 0 spiro atoms. The van der Waals surface area contributed by atoms with Gasteiger partial charge in [0.1, 0.15) is 11.0 Å². The van der Waals surface area contributed by atoms with Crippen molar-refractivity contribution in [2.45, 2.75) is 26.2 Å². The summed E-state index contributed by atoms with van der Waals surface area (Å²) >= 11 is 0. The Hall–Kier alpha value is -7.12. The van der Waals surface area contributed by atoms with E-state index in [9.17, 15) is 0 Å². The summed E-state index contributed by atoms with van der Waals surface area (Å²) in [7, 11) is 0. The third-order valence-electron chi connectivity index (χ3n) is 9.88. The summed E-state index contributed by atoms with van der Waals surface area (Å²) in [6, 6.07) is 49.7. The number of para-hydroxylation sites is 1. The summed E-state index contributed by atoms with van der Waals surface area (Å²) < 4.78 is 0. The van der Waals surface area contributed by atoms with Crippen molar-refractivity contribution < 1.29 is 0 Å². The molecule has 4 aromatic carbocycles. The summed E-state index contributed by atoms with van der Waals surface area (Å²) in [5.41, 5.74) is 15.3. The van der Waals surface area contributed by atoms with Gasteiger partial charge in [0.2, 0.25) is 0 Å². The normalized spacial score (nSPS) is 11.5. The van der Waals surface area contributed by atoms with Gasteiger partial charge in [-0.25, -0.2) is 0 Å². The third-order valence-corrected chi connectivity index (χ3v) is 9.88. The van der Waals surface area contributed by atoms with Gasteiger partial charge in [0.25, 0.3) is 0 Å². The van der Waals surface area contributed by atoms with Crippen molar-refractivity contribution in [3.63, 3.8) is 0 Å². The molecule has 7 heteroatoms. The Morgan fingerprint density at radius 1 is 0.418 bits per heavy atom. The minimum absolute atomic E-state index is 0.102. The maximum Gasteiger partial charge on any atom is 0.123 e. The Bertz CT molecular complexity index is 2750. The lowest BCUT2D eigenvalue weighted by molar-refractivity contribution is 0.590. The summed E-state index contributed by atoms with van der Waals surface area (Å²) in [6.07, 6.45) is 7.47. The second kappa shape index (κ2) is 14.0. The van der Waals surface area contributed by atoms with Gasteiger partial charge >= 0.3 is 0 Å². The van der Waals surface area contributed by atoms with E-state index >= 15 is 0 Å². The lowest BCUT2D eigenvalue weighted by Gasteiger charge is -2.19. The zero-order valence-corrected chi connectivity index (χ0v) is 30.8. The number of hydrogen-bond acceptors (Lipinski definition) is 6. The second-order valence-electron chi connectivity index (χ2n) is 14.6. The Morgan fingerprint density at radius 3 is 1.56 bits per heavy atom. The Morgan fingerprint density at radius 2 is 0.982 bits per heavy atom. The van der Waals surface area contributed by atoms with Crippen molar-refractivity contribution in [1.29, 1.82) is 0 Å². The first kappa shape index (κ1) is 33.7. The van der Waals surface area contributed by atoms with E-state index in [-0.39, 0.29) is 5.41 Å². The minimum Gasteiger partial charge on any atom is -0.256 e. The Balaban J connectivity index is 1.06.